The summed E-state index contributed by atoms with van der Waals surface area (Å²) in [5.41, 5.74) is 1.68. The van der Waals surface area contributed by atoms with Crippen molar-refractivity contribution in [2.75, 3.05) is 7.11 Å². The minimum Gasteiger partial charge on any atom is -0.496 e. The average Bonchev–Trinajstić information content (AvgIpc) is 2.16. The van der Waals surface area contributed by atoms with Crippen LogP contribution < -0.4 is 4.74 Å². The van der Waals surface area contributed by atoms with E-state index in [4.69, 9.17) is 4.74 Å². The molecule has 14 heavy (non-hydrogen) atoms. The van der Waals surface area contributed by atoms with Gasteiger partial charge in [-0.3, -0.25) is 9.59 Å². The Morgan fingerprint density at radius 1 is 1.43 bits per heavy atom. The van der Waals surface area contributed by atoms with Crippen LogP contribution in [0.3, 0.4) is 0 Å². The molecule has 1 rings (SSSR count). The van der Waals surface area contributed by atoms with Crippen LogP contribution in [-0.4, -0.2) is 19.2 Å². The van der Waals surface area contributed by atoms with Crippen molar-refractivity contribution in [2.45, 2.75) is 13.8 Å². The molecule has 0 unspecified atom stereocenters. The summed E-state index contributed by atoms with van der Waals surface area (Å²) in [6, 6.07) is 3.30. The van der Waals surface area contributed by atoms with E-state index in [1.807, 2.05) is 0 Å². The summed E-state index contributed by atoms with van der Waals surface area (Å²) in [5, 5.41) is 0. The van der Waals surface area contributed by atoms with Crippen LogP contribution in [-0.2, 0) is 0 Å². The zero-order valence-corrected chi connectivity index (χ0v) is 8.46. The first-order valence-corrected chi connectivity index (χ1v) is 4.25. The number of benzene rings is 1. The van der Waals surface area contributed by atoms with Gasteiger partial charge in [-0.2, -0.15) is 0 Å². The second-order valence-electron chi connectivity index (χ2n) is 3.03. The van der Waals surface area contributed by atoms with Crippen molar-refractivity contribution in [3.8, 4) is 5.75 Å². The van der Waals surface area contributed by atoms with E-state index in [0.29, 0.717) is 28.7 Å². The summed E-state index contributed by atoms with van der Waals surface area (Å²) in [4.78, 5) is 22.0. The summed E-state index contributed by atoms with van der Waals surface area (Å²) in [6.07, 6.45) is 0.709. The summed E-state index contributed by atoms with van der Waals surface area (Å²) in [5.74, 6) is 0.454. The molecular weight excluding hydrogens is 180 g/mol. The smallest absolute Gasteiger partial charge is 0.160 e. The van der Waals surface area contributed by atoms with Crippen LogP contribution >= 0.6 is 0 Å². The van der Waals surface area contributed by atoms with Crippen LogP contribution in [0.2, 0.25) is 0 Å². The molecule has 0 aliphatic rings. The number of aldehydes is 1. The largest absolute Gasteiger partial charge is 0.496 e. The highest BCUT2D eigenvalue weighted by Crippen LogP contribution is 2.23. The summed E-state index contributed by atoms with van der Waals surface area (Å²) < 4.78 is 5.01. The standard InChI is InChI=1S/C11H12O3/c1-7-9(8(2)13)4-5-11(14-3)10(7)6-12/h4-6H,1-3H3. The number of Topliss-reactive ketones (excluding diaryl/α,β-unsaturated/α-hetero) is 1. The van der Waals surface area contributed by atoms with E-state index in [1.54, 1.807) is 19.1 Å². The second kappa shape index (κ2) is 4.05. The van der Waals surface area contributed by atoms with Gasteiger partial charge in [-0.05, 0) is 31.5 Å². The van der Waals surface area contributed by atoms with Gasteiger partial charge in [0.1, 0.15) is 5.75 Å². The Labute approximate surface area is 82.7 Å². The maximum absolute atomic E-state index is 11.2. The average molecular weight is 192 g/mol. The van der Waals surface area contributed by atoms with E-state index in [1.165, 1.54) is 14.0 Å². The van der Waals surface area contributed by atoms with Crippen molar-refractivity contribution in [2.24, 2.45) is 0 Å². The Morgan fingerprint density at radius 3 is 2.50 bits per heavy atom. The van der Waals surface area contributed by atoms with Crippen LogP contribution in [0.4, 0.5) is 0 Å². The highest BCUT2D eigenvalue weighted by Gasteiger charge is 2.11. The van der Waals surface area contributed by atoms with Gasteiger partial charge in [0, 0.05) is 5.56 Å². The maximum Gasteiger partial charge on any atom is 0.160 e. The Hall–Kier alpha value is -1.64. The summed E-state index contributed by atoms with van der Waals surface area (Å²) >= 11 is 0. The lowest BCUT2D eigenvalue weighted by Crippen LogP contribution is -2.02. The van der Waals surface area contributed by atoms with Gasteiger partial charge in [-0.15, -0.1) is 0 Å². The van der Waals surface area contributed by atoms with Gasteiger partial charge in [0.15, 0.2) is 12.1 Å². The Kier molecular flexibility index (Phi) is 3.02. The van der Waals surface area contributed by atoms with Gasteiger partial charge < -0.3 is 4.74 Å². The topological polar surface area (TPSA) is 43.4 Å². The highest BCUT2D eigenvalue weighted by atomic mass is 16.5. The molecule has 0 fully saturated rings. The van der Waals surface area contributed by atoms with E-state index < -0.39 is 0 Å². The number of rotatable bonds is 3. The van der Waals surface area contributed by atoms with Crippen LogP contribution in [0.25, 0.3) is 0 Å². The molecule has 0 N–H and O–H groups in total. The molecule has 0 aromatic heterocycles. The van der Waals surface area contributed by atoms with Crippen molar-refractivity contribution < 1.29 is 14.3 Å². The monoisotopic (exact) mass is 192 g/mol. The number of carbonyl (C=O) groups excluding carboxylic acids is 2. The number of carbonyl (C=O) groups is 2. The minimum absolute atomic E-state index is 0.0479. The molecule has 0 saturated carbocycles. The number of hydrogen-bond donors (Lipinski definition) is 0. The van der Waals surface area contributed by atoms with Gasteiger partial charge >= 0.3 is 0 Å². The van der Waals surface area contributed by atoms with E-state index >= 15 is 0 Å². The molecule has 0 amide bonds. The molecule has 0 heterocycles. The third-order valence-corrected chi connectivity index (χ3v) is 2.19. The predicted molar refractivity (Wildman–Crippen MR) is 53.1 cm³/mol. The van der Waals surface area contributed by atoms with Crippen molar-refractivity contribution in [1.82, 2.24) is 0 Å². The first-order valence-electron chi connectivity index (χ1n) is 4.25. The lowest BCUT2D eigenvalue weighted by Gasteiger charge is -2.09. The Morgan fingerprint density at radius 2 is 2.07 bits per heavy atom. The molecule has 0 spiro atoms. The normalized spacial score (nSPS) is 9.64. The molecular formula is C11H12O3. The van der Waals surface area contributed by atoms with Crippen molar-refractivity contribution >= 4 is 12.1 Å². The molecule has 0 bridgehead atoms. The molecule has 1 aromatic carbocycles. The fraction of sp³-hybridized carbons (Fsp3) is 0.273. The lowest BCUT2D eigenvalue weighted by molar-refractivity contribution is 0.101. The summed E-state index contributed by atoms with van der Waals surface area (Å²) in [6.45, 7) is 3.21. The fourth-order valence-electron chi connectivity index (χ4n) is 1.41. The zero-order valence-electron chi connectivity index (χ0n) is 8.46. The van der Waals surface area contributed by atoms with Crippen molar-refractivity contribution in [3.63, 3.8) is 0 Å². The maximum atomic E-state index is 11.2. The molecule has 0 aliphatic carbocycles. The van der Waals surface area contributed by atoms with Gasteiger partial charge in [0.25, 0.3) is 0 Å². The minimum atomic E-state index is -0.0479. The third kappa shape index (κ3) is 1.66. The molecule has 0 atom stereocenters. The fourth-order valence-corrected chi connectivity index (χ4v) is 1.41. The summed E-state index contributed by atoms with van der Waals surface area (Å²) in [7, 11) is 1.50. The molecule has 74 valence electrons. The predicted octanol–water partition coefficient (Wildman–Crippen LogP) is 2.02. The Bertz CT molecular complexity index is 380. The number of hydrogen-bond acceptors (Lipinski definition) is 3. The molecule has 1 aromatic rings. The molecule has 0 aliphatic heterocycles. The van der Waals surface area contributed by atoms with Crippen LogP contribution in [0, 0.1) is 6.92 Å². The second-order valence-corrected chi connectivity index (χ2v) is 3.03. The van der Waals surface area contributed by atoms with E-state index in [2.05, 4.69) is 0 Å². The molecule has 3 heteroatoms. The van der Waals surface area contributed by atoms with Crippen LogP contribution in [0.1, 0.15) is 33.2 Å². The van der Waals surface area contributed by atoms with Crippen LogP contribution in [0.15, 0.2) is 12.1 Å². The van der Waals surface area contributed by atoms with E-state index in [9.17, 15) is 9.59 Å². The molecule has 3 nitrogen and oxygen atoms in total. The highest BCUT2D eigenvalue weighted by molar-refractivity contribution is 5.98. The number of methoxy groups -OCH3 is 1. The zero-order chi connectivity index (χ0) is 10.7. The molecule has 0 radical (unpaired) electrons. The van der Waals surface area contributed by atoms with Crippen molar-refractivity contribution in [3.05, 3.63) is 28.8 Å². The van der Waals surface area contributed by atoms with Crippen molar-refractivity contribution in [1.29, 1.82) is 0 Å². The number of ketones is 1. The van der Waals surface area contributed by atoms with Gasteiger partial charge in [0.05, 0.1) is 12.7 Å². The van der Waals surface area contributed by atoms with E-state index in [-0.39, 0.29) is 5.78 Å². The lowest BCUT2D eigenvalue weighted by atomic mass is 10.00. The van der Waals surface area contributed by atoms with Gasteiger partial charge in [-0.25, -0.2) is 0 Å². The van der Waals surface area contributed by atoms with Gasteiger partial charge in [-0.1, -0.05) is 0 Å². The van der Waals surface area contributed by atoms with Crippen LogP contribution in [0.5, 0.6) is 5.75 Å². The third-order valence-electron chi connectivity index (χ3n) is 2.19. The molecule has 0 saturated heterocycles. The van der Waals surface area contributed by atoms with E-state index in [0.717, 1.165) is 0 Å². The van der Waals surface area contributed by atoms with Gasteiger partial charge in [0.2, 0.25) is 0 Å². The Balaban J connectivity index is 3.42. The SMILES string of the molecule is COc1ccc(C(C)=O)c(C)c1C=O. The first kappa shape index (κ1) is 10.4. The quantitative estimate of drug-likeness (QED) is 0.543. The number of ether oxygens (including phenoxy) is 1. The first-order chi connectivity index (χ1) is 6.61.